The van der Waals surface area contributed by atoms with Crippen LogP contribution in [0.2, 0.25) is 0 Å². The highest BCUT2D eigenvalue weighted by Gasteiger charge is 2.07. The molecule has 0 aliphatic heterocycles. The van der Waals surface area contributed by atoms with Crippen LogP contribution in [0.3, 0.4) is 0 Å². The molecule has 0 aromatic heterocycles. The SMILES string of the molecule is COCCCN[C@@H](C)C(=O)O. The van der Waals surface area contributed by atoms with Crippen molar-refractivity contribution in [2.45, 2.75) is 19.4 Å². The van der Waals surface area contributed by atoms with Gasteiger partial charge >= 0.3 is 5.97 Å². The number of methoxy groups -OCH3 is 1. The van der Waals surface area contributed by atoms with E-state index in [1.807, 2.05) is 0 Å². The van der Waals surface area contributed by atoms with Crippen LogP contribution in [0, 0.1) is 0 Å². The molecule has 0 aliphatic rings. The number of ether oxygens (including phenoxy) is 1. The fraction of sp³-hybridized carbons (Fsp3) is 0.857. The van der Waals surface area contributed by atoms with Crippen molar-refractivity contribution in [1.82, 2.24) is 5.32 Å². The first-order valence-corrected chi connectivity index (χ1v) is 3.63. The van der Waals surface area contributed by atoms with Crippen molar-refractivity contribution in [2.75, 3.05) is 20.3 Å². The number of rotatable bonds is 6. The highest BCUT2D eigenvalue weighted by atomic mass is 16.5. The summed E-state index contributed by atoms with van der Waals surface area (Å²) < 4.78 is 4.80. The Kier molecular flexibility index (Phi) is 5.78. The van der Waals surface area contributed by atoms with Gasteiger partial charge in [-0.1, -0.05) is 0 Å². The van der Waals surface area contributed by atoms with Gasteiger partial charge in [-0.2, -0.15) is 0 Å². The lowest BCUT2D eigenvalue weighted by atomic mass is 10.3. The minimum absolute atomic E-state index is 0.466. The molecule has 11 heavy (non-hydrogen) atoms. The Morgan fingerprint density at radius 1 is 1.73 bits per heavy atom. The monoisotopic (exact) mass is 161 g/mol. The number of hydrogen-bond acceptors (Lipinski definition) is 3. The molecule has 0 aromatic rings. The molecule has 0 rings (SSSR count). The van der Waals surface area contributed by atoms with E-state index in [4.69, 9.17) is 9.84 Å². The molecule has 0 fully saturated rings. The highest BCUT2D eigenvalue weighted by molar-refractivity contribution is 5.72. The summed E-state index contributed by atoms with van der Waals surface area (Å²) in [6.45, 7) is 2.97. The largest absolute Gasteiger partial charge is 0.480 e. The highest BCUT2D eigenvalue weighted by Crippen LogP contribution is 1.82. The van der Waals surface area contributed by atoms with Crippen molar-refractivity contribution >= 4 is 5.97 Å². The normalized spacial score (nSPS) is 12.9. The van der Waals surface area contributed by atoms with Crippen LogP contribution in [0.15, 0.2) is 0 Å². The number of aliphatic carboxylic acids is 1. The predicted octanol–water partition coefficient (Wildman–Crippen LogP) is 0.0856. The quantitative estimate of drug-likeness (QED) is 0.542. The minimum atomic E-state index is -0.817. The van der Waals surface area contributed by atoms with Crippen molar-refractivity contribution in [3.63, 3.8) is 0 Å². The van der Waals surface area contributed by atoms with Gasteiger partial charge in [-0.25, -0.2) is 0 Å². The molecular formula is C7H15NO3. The van der Waals surface area contributed by atoms with Gasteiger partial charge in [0.15, 0.2) is 0 Å². The van der Waals surface area contributed by atoms with Crippen molar-refractivity contribution < 1.29 is 14.6 Å². The maximum absolute atomic E-state index is 10.3. The van der Waals surface area contributed by atoms with E-state index in [1.165, 1.54) is 0 Å². The van der Waals surface area contributed by atoms with E-state index in [0.29, 0.717) is 13.2 Å². The average molecular weight is 161 g/mol. The lowest BCUT2D eigenvalue weighted by molar-refractivity contribution is -0.139. The van der Waals surface area contributed by atoms with Gasteiger partial charge in [0.05, 0.1) is 0 Å². The van der Waals surface area contributed by atoms with Crippen molar-refractivity contribution in [3.05, 3.63) is 0 Å². The van der Waals surface area contributed by atoms with Gasteiger partial charge in [-0.15, -0.1) is 0 Å². The third kappa shape index (κ3) is 5.82. The lowest BCUT2D eigenvalue weighted by Crippen LogP contribution is -2.34. The van der Waals surface area contributed by atoms with Crippen LogP contribution in [0.1, 0.15) is 13.3 Å². The number of carbonyl (C=O) groups is 1. The molecular weight excluding hydrogens is 146 g/mol. The molecule has 0 radical (unpaired) electrons. The molecule has 0 bridgehead atoms. The summed E-state index contributed by atoms with van der Waals surface area (Å²) in [6, 6.07) is -0.466. The van der Waals surface area contributed by atoms with Gasteiger partial charge < -0.3 is 15.2 Å². The summed E-state index contributed by atoms with van der Waals surface area (Å²) in [6.07, 6.45) is 0.841. The minimum Gasteiger partial charge on any atom is -0.480 e. The Bertz CT molecular complexity index is 116. The zero-order valence-electron chi connectivity index (χ0n) is 6.96. The summed E-state index contributed by atoms with van der Waals surface area (Å²) >= 11 is 0. The van der Waals surface area contributed by atoms with Gasteiger partial charge in [0.25, 0.3) is 0 Å². The molecule has 4 heteroatoms. The molecule has 0 aromatic carbocycles. The third-order valence-electron chi connectivity index (χ3n) is 1.35. The zero-order chi connectivity index (χ0) is 8.69. The number of nitrogens with one attached hydrogen (secondary N) is 1. The van der Waals surface area contributed by atoms with Gasteiger partial charge in [0, 0.05) is 13.7 Å². The van der Waals surface area contributed by atoms with Crippen molar-refractivity contribution in [3.8, 4) is 0 Å². The molecule has 0 saturated carbocycles. The van der Waals surface area contributed by atoms with Crippen LogP contribution in [-0.2, 0) is 9.53 Å². The number of carboxylic acids is 1. The maximum Gasteiger partial charge on any atom is 0.320 e. The molecule has 0 amide bonds. The second-order valence-corrected chi connectivity index (χ2v) is 2.36. The summed E-state index contributed by atoms with van der Waals surface area (Å²) in [5.74, 6) is -0.817. The molecule has 0 saturated heterocycles. The van der Waals surface area contributed by atoms with Crippen LogP contribution in [0.4, 0.5) is 0 Å². The second kappa shape index (κ2) is 6.12. The summed E-state index contributed by atoms with van der Waals surface area (Å²) in [7, 11) is 1.63. The van der Waals surface area contributed by atoms with E-state index in [2.05, 4.69) is 5.32 Å². The first-order valence-electron chi connectivity index (χ1n) is 3.63. The van der Waals surface area contributed by atoms with E-state index < -0.39 is 12.0 Å². The first kappa shape index (κ1) is 10.4. The molecule has 0 aliphatic carbocycles. The molecule has 0 spiro atoms. The number of carboxylic acid groups (broad SMARTS) is 1. The molecule has 0 unspecified atom stereocenters. The fourth-order valence-electron chi connectivity index (χ4n) is 0.622. The summed E-state index contributed by atoms with van der Waals surface area (Å²) in [4.78, 5) is 10.3. The van der Waals surface area contributed by atoms with E-state index in [1.54, 1.807) is 14.0 Å². The Morgan fingerprint density at radius 3 is 2.82 bits per heavy atom. The van der Waals surface area contributed by atoms with Crippen LogP contribution >= 0.6 is 0 Å². The predicted molar refractivity (Wildman–Crippen MR) is 41.6 cm³/mol. The zero-order valence-corrected chi connectivity index (χ0v) is 6.96. The molecule has 0 heterocycles. The van der Waals surface area contributed by atoms with Crippen LogP contribution in [0.25, 0.3) is 0 Å². The summed E-state index contributed by atoms with van der Waals surface area (Å²) in [5, 5.41) is 11.3. The number of hydrogen-bond donors (Lipinski definition) is 2. The fourth-order valence-corrected chi connectivity index (χ4v) is 0.622. The molecule has 1 atom stereocenters. The van der Waals surface area contributed by atoms with E-state index in [9.17, 15) is 4.79 Å². The van der Waals surface area contributed by atoms with Crippen molar-refractivity contribution in [1.29, 1.82) is 0 Å². The first-order chi connectivity index (χ1) is 5.18. The van der Waals surface area contributed by atoms with Gasteiger partial charge in [-0.3, -0.25) is 4.79 Å². The molecule has 4 nitrogen and oxygen atoms in total. The third-order valence-corrected chi connectivity index (χ3v) is 1.35. The van der Waals surface area contributed by atoms with E-state index in [-0.39, 0.29) is 0 Å². The second-order valence-electron chi connectivity index (χ2n) is 2.36. The Labute approximate surface area is 66.5 Å². The average Bonchev–Trinajstić information content (AvgIpc) is 1.97. The van der Waals surface area contributed by atoms with Gasteiger partial charge in [0.2, 0.25) is 0 Å². The van der Waals surface area contributed by atoms with Crippen molar-refractivity contribution in [2.24, 2.45) is 0 Å². The molecule has 2 N–H and O–H groups in total. The van der Waals surface area contributed by atoms with Gasteiger partial charge in [-0.05, 0) is 19.9 Å². The smallest absolute Gasteiger partial charge is 0.320 e. The molecule has 66 valence electrons. The standard InChI is InChI=1S/C7H15NO3/c1-6(7(9)10)8-4-3-5-11-2/h6,8H,3-5H2,1-2H3,(H,9,10)/t6-/m0/s1. The van der Waals surface area contributed by atoms with Gasteiger partial charge in [0.1, 0.15) is 6.04 Å². The lowest BCUT2D eigenvalue weighted by Gasteiger charge is -2.07. The topological polar surface area (TPSA) is 58.6 Å². The maximum atomic E-state index is 10.3. The summed E-state index contributed by atoms with van der Waals surface area (Å²) in [5.41, 5.74) is 0. The Hall–Kier alpha value is -0.610. The Morgan fingerprint density at radius 2 is 2.36 bits per heavy atom. The van der Waals surface area contributed by atoms with E-state index >= 15 is 0 Å². The Balaban J connectivity index is 3.17. The van der Waals surface area contributed by atoms with Crippen LogP contribution < -0.4 is 5.32 Å². The van der Waals surface area contributed by atoms with Crippen LogP contribution in [-0.4, -0.2) is 37.4 Å². The van der Waals surface area contributed by atoms with Crippen LogP contribution in [0.5, 0.6) is 0 Å². The van der Waals surface area contributed by atoms with E-state index in [0.717, 1.165) is 6.42 Å².